The largest absolute Gasteiger partial charge is 0.296 e. The van der Waals surface area contributed by atoms with Gasteiger partial charge in [0, 0.05) is 12.7 Å². The Bertz CT molecular complexity index is 329. The fourth-order valence-corrected chi connectivity index (χ4v) is 1.11. The van der Waals surface area contributed by atoms with Crippen LogP contribution in [0.25, 0.3) is 0 Å². The normalized spacial score (nSPS) is 12.1. The molecule has 0 fully saturated rings. The lowest BCUT2D eigenvalue weighted by atomic mass is 10.2. The zero-order valence-electron chi connectivity index (χ0n) is 8.49. The highest BCUT2D eigenvalue weighted by atomic mass is 14.9. The Hall–Kier alpha value is -1.47. The quantitative estimate of drug-likeness (QED) is 0.774. The standard InChI is InChI=1S/C10H14N4/c1-3-9(6-11)13-7-10-4-5-12-8(2)14-10/h4-5,9,13H,3,7H2,1-2H3. The van der Waals surface area contributed by atoms with Gasteiger partial charge < -0.3 is 0 Å². The summed E-state index contributed by atoms with van der Waals surface area (Å²) in [5.74, 6) is 0.759. The lowest BCUT2D eigenvalue weighted by Crippen LogP contribution is -2.26. The van der Waals surface area contributed by atoms with Gasteiger partial charge in [0.25, 0.3) is 0 Å². The minimum atomic E-state index is -0.0923. The molecule has 1 aromatic rings. The highest BCUT2D eigenvalue weighted by molar-refractivity contribution is 5.02. The van der Waals surface area contributed by atoms with E-state index in [0.29, 0.717) is 6.54 Å². The molecular formula is C10H14N4. The molecule has 0 aliphatic rings. The van der Waals surface area contributed by atoms with Crippen molar-refractivity contribution in [2.75, 3.05) is 0 Å². The third kappa shape index (κ3) is 3.11. The molecule has 0 bridgehead atoms. The molecule has 0 spiro atoms. The number of aromatic nitrogens is 2. The Balaban J connectivity index is 2.50. The first-order chi connectivity index (χ1) is 6.76. The van der Waals surface area contributed by atoms with Gasteiger partial charge in [0.1, 0.15) is 5.82 Å². The first kappa shape index (κ1) is 10.6. The molecule has 0 radical (unpaired) electrons. The first-order valence-corrected chi connectivity index (χ1v) is 4.67. The average Bonchev–Trinajstić information content (AvgIpc) is 2.19. The van der Waals surface area contributed by atoms with Gasteiger partial charge in [-0.3, -0.25) is 5.32 Å². The van der Waals surface area contributed by atoms with Crippen molar-refractivity contribution in [3.8, 4) is 6.07 Å². The fraction of sp³-hybridized carbons (Fsp3) is 0.500. The van der Waals surface area contributed by atoms with E-state index < -0.39 is 0 Å². The van der Waals surface area contributed by atoms with Crippen molar-refractivity contribution < 1.29 is 0 Å². The van der Waals surface area contributed by atoms with E-state index >= 15 is 0 Å². The molecule has 4 heteroatoms. The Morgan fingerprint density at radius 3 is 3.00 bits per heavy atom. The second-order valence-electron chi connectivity index (χ2n) is 3.07. The Labute approximate surface area is 84.0 Å². The molecule has 1 atom stereocenters. The van der Waals surface area contributed by atoms with Gasteiger partial charge in [-0.2, -0.15) is 5.26 Å². The van der Waals surface area contributed by atoms with Crippen molar-refractivity contribution >= 4 is 0 Å². The molecule has 0 aromatic carbocycles. The Morgan fingerprint density at radius 2 is 2.43 bits per heavy atom. The molecule has 1 heterocycles. The summed E-state index contributed by atoms with van der Waals surface area (Å²) in [7, 11) is 0. The zero-order chi connectivity index (χ0) is 10.4. The second-order valence-corrected chi connectivity index (χ2v) is 3.07. The minimum Gasteiger partial charge on any atom is -0.296 e. The van der Waals surface area contributed by atoms with Crippen molar-refractivity contribution in [1.82, 2.24) is 15.3 Å². The minimum absolute atomic E-state index is 0.0923. The summed E-state index contributed by atoms with van der Waals surface area (Å²) in [6.07, 6.45) is 2.53. The van der Waals surface area contributed by atoms with Crippen molar-refractivity contribution in [1.29, 1.82) is 5.26 Å². The van der Waals surface area contributed by atoms with Crippen LogP contribution in [0.15, 0.2) is 12.3 Å². The summed E-state index contributed by atoms with van der Waals surface area (Å²) >= 11 is 0. The van der Waals surface area contributed by atoms with Crippen LogP contribution in [0.4, 0.5) is 0 Å². The van der Waals surface area contributed by atoms with Crippen molar-refractivity contribution in [3.05, 3.63) is 23.8 Å². The molecule has 0 saturated carbocycles. The molecule has 1 aromatic heterocycles. The molecular weight excluding hydrogens is 176 g/mol. The smallest absolute Gasteiger partial charge is 0.125 e. The Morgan fingerprint density at radius 1 is 1.64 bits per heavy atom. The van der Waals surface area contributed by atoms with Crippen LogP contribution in [0, 0.1) is 18.3 Å². The molecule has 1 unspecified atom stereocenters. The summed E-state index contributed by atoms with van der Waals surface area (Å²) in [5.41, 5.74) is 0.922. The molecule has 1 N–H and O–H groups in total. The van der Waals surface area contributed by atoms with E-state index in [0.717, 1.165) is 17.9 Å². The van der Waals surface area contributed by atoms with Gasteiger partial charge in [-0.05, 0) is 19.4 Å². The van der Waals surface area contributed by atoms with Gasteiger partial charge in [0.15, 0.2) is 0 Å². The van der Waals surface area contributed by atoms with Crippen LogP contribution in [0.3, 0.4) is 0 Å². The number of nitrogens with zero attached hydrogens (tertiary/aromatic N) is 3. The number of aryl methyl sites for hydroxylation is 1. The van der Waals surface area contributed by atoms with Gasteiger partial charge in [-0.15, -0.1) is 0 Å². The molecule has 0 saturated heterocycles. The number of nitriles is 1. The van der Waals surface area contributed by atoms with Gasteiger partial charge in [0.2, 0.25) is 0 Å². The molecule has 0 aliphatic carbocycles. The Kier molecular flexibility index (Phi) is 4.02. The van der Waals surface area contributed by atoms with Crippen LogP contribution >= 0.6 is 0 Å². The second kappa shape index (κ2) is 5.30. The number of hydrogen-bond acceptors (Lipinski definition) is 4. The van der Waals surface area contributed by atoms with Gasteiger partial charge in [-0.25, -0.2) is 9.97 Å². The molecule has 4 nitrogen and oxygen atoms in total. The number of nitrogens with one attached hydrogen (secondary N) is 1. The van der Waals surface area contributed by atoms with Crippen LogP contribution in [-0.2, 0) is 6.54 Å². The summed E-state index contributed by atoms with van der Waals surface area (Å²) < 4.78 is 0. The van der Waals surface area contributed by atoms with Crippen LogP contribution in [-0.4, -0.2) is 16.0 Å². The lowest BCUT2D eigenvalue weighted by Gasteiger charge is -2.07. The van der Waals surface area contributed by atoms with Gasteiger partial charge in [-0.1, -0.05) is 6.92 Å². The van der Waals surface area contributed by atoms with Crippen LogP contribution in [0.2, 0.25) is 0 Å². The third-order valence-corrected chi connectivity index (χ3v) is 1.93. The molecule has 1 rings (SSSR count). The predicted octanol–water partition coefficient (Wildman–Crippen LogP) is 1.18. The van der Waals surface area contributed by atoms with E-state index in [9.17, 15) is 0 Å². The maximum absolute atomic E-state index is 8.71. The molecule has 0 aliphatic heterocycles. The van der Waals surface area contributed by atoms with E-state index in [1.807, 2.05) is 19.9 Å². The van der Waals surface area contributed by atoms with Gasteiger partial charge >= 0.3 is 0 Å². The zero-order valence-corrected chi connectivity index (χ0v) is 8.49. The van der Waals surface area contributed by atoms with E-state index in [1.54, 1.807) is 6.20 Å². The van der Waals surface area contributed by atoms with Crippen molar-refractivity contribution in [2.24, 2.45) is 0 Å². The maximum atomic E-state index is 8.71. The summed E-state index contributed by atoms with van der Waals surface area (Å²) in [4.78, 5) is 8.23. The van der Waals surface area contributed by atoms with Crippen LogP contribution < -0.4 is 5.32 Å². The van der Waals surface area contributed by atoms with E-state index in [-0.39, 0.29) is 6.04 Å². The van der Waals surface area contributed by atoms with E-state index in [2.05, 4.69) is 21.4 Å². The summed E-state index contributed by atoms with van der Waals surface area (Å²) in [5, 5.41) is 11.8. The summed E-state index contributed by atoms with van der Waals surface area (Å²) in [6.45, 7) is 4.45. The van der Waals surface area contributed by atoms with E-state index in [4.69, 9.17) is 5.26 Å². The van der Waals surface area contributed by atoms with Crippen molar-refractivity contribution in [2.45, 2.75) is 32.9 Å². The molecule has 74 valence electrons. The predicted molar refractivity (Wildman–Crippen MR) is 53.3 cm³/mol. The third-order valence-electron chi connectivity index (χ3n) is 1.93. The molecule has 0 amide bonds. The average molecular weight is 190 g/mol. The monoisotopic (exact) mass is 190 g/mol. The maximum Gasteiger partial charge on any atom is 0.125 e. The summed E-state index contributed by atoms with van der Waals surface area (Å²) in [6, 6.07) is 3.94. The van der Waals surface area contributed by atoms with Crippen LogP contribution in [0.1, 0.15) is 24.9 Å². The van der Waals surface area contributed by atoms with Crippen LogP contribution in [0.5, 0.6) is 0 Å². The van der Waals surface area contributed by atoms with E-state index in [1.165, 1.54) is 0 Å². The lowest BCUT2D eigenvalue weighted by molar-refractivity contribution is 0.578. The fourth-order valence-electron chi connectivity index (χ4n) is 1.11. The van der Waals surface area contributed by atoms with Crippen molar-refractivity contribution in [3.63, 3.8) is 0 Å². The number of hydrogen-bond donors (Lipinski definition) is 1. The highest BCUT2D eigenvalue weighted by Gasteiger charge is 2.03. The number of rotatable bonds is 4. The van der Waals surface area contributed by atoms with Gasteiger partial charge in [0.05, 0.1) is 17.8 Å². The molecule has 14 heavy (non-hydrogen) atoms. The SMILES string of the molecule is CCC(C#N)NCc1ccnc(C)n1. The first-order valence-electron chi connectivity index (χ1n) is 4.67. The highest BCUT2D eigenvalue weighted by Crippen LogP contribution is 1.96. The topological polar surface area (TPSA) is 61.6 Å².